The normalized spacial score (nSPS) is 17.7. The lowest BCUT2D eigenvalue weighted by atomic mass is 9.83. The fraction of sp³-hybridized carbons (Fsp3) is 0.333. The highest BCUT2D eigenvalue weighted by molar-refractivity contribution is 6.17. The van der Waals surface area contributed by atoms with Crippen LogP contribution in [0.3, 0.4) is 0 Å². The summed E-state index contributed by atoms with van der Waals surface area (Å²) in [7, 11) is 0. The van der Waals surface area contributed by atoms with E-state index in [1.807, 2.05) is 6.92 Å². The number of aromatic hydroxyl groups is 1. The molecule has 0 spiro atoms. The number of phenolic OH excluding ortho intramolecular Hbond substituents is 1. The van der Waals surface area contributed by atoms with Crippen LogP contribution < -0.4 is 4.90 Å². The maximum Gasteiger partial charge on any atom is 0.294 e. The minimum Gasteiger partial charge on any atom is -0.506 e. The Morgan fingerprint density at radius 1 is 1.11 bits per heavy atom. The number of aliphatic hydroxyl groups excluding tert-OH is 1. The first kappa shape index (κ1) is 18.8. The highest BCUT2D eigenvalue weighted by Crippen LogP contribution is 2.46. The van der Waals surface area contributed by atoms with Gasteiger partial charge in [-0.15, -0.1) is 0 Å². The summed E-state index contributed by atoms with van der Waals surface area (Å²) < 4.78 is 5.71. The molecule has 2 heterocycles. The van der Waals surface area contributed by atoms with Gasteiger partial charge in [-0.2, -0.15) is 0 Å². The van der Waals surface area contributed by atoms with Gasteiger partial charge in [-0.3, -0.25) is 14.5 Å². The minimum absolute atomic E-state index is 0.0252. The van der Waals surface area contributed by atoms with Crippen LogP contribution in [-0.4, -0.2) is 21.9 Å². The van der Waals surface area contributed by atoms with Gasteiger partial charge in [0.25, 0.3) is 5.91 Å². The second-order valence-electron chi connectivity index (χ2n) is 7.86. The molecule has 0 fully saturated rings. The molecule has 0 bridgehead atoms. The Labute approximate surface area is 157 Å². The third-order valence-electron chi connectivity index (χ3n) is 4.56. The van der Waals surface area contributed by atoms with Crippen molar-refractivity contribution in [3.8, 4) is 5.75 Å². The van der Waals surface area contributed by atoms with Crippen molar-refractivity contribution >= 4 is 17.4 Å². The molecule has 2 aromatic rings. The number of aryl methyl sites for hydroxylation is 2. The van der Waals surface area contributed by atoms with E-state index in [0.29, 0.717) is 11.5 Å². The lowest BCUT2D eigenvalue weighted by Crippen LogP contribution is -2.32. The average molecular weight is 369 g/mol. The number of nitrogens with zero attached hydrogens (tertiary/aromatic N) is 1. The number of rotatable bonds is 3. The number of ketones is 1. The lowest BCUT2D eigenvalue weighted by Gasteiger charge is -2.27. The summed E-state index contributed by atoms with van der Waals surface area (Å²) in [6.45, 7) is 8.74. The van der Waals surface area contributed by atoms with E-state index in [1.165, 1.54) is 11.0 Å². The lowest BCUT2D eigenvalue weighted by molar-refractivity contribution is -0.123. The van der Waals surface area contributed by atoms with Crippen LogP contribution in [0.15, 0.2) is 46.1 Å². The fourth-order valence-corrected chi connectivity index (χ4v) is 3.19. The van der Waals surface area contributed by atoms with Crippen molar-refractivity contribution in [2.24, 2.45) is 5.41 Å². The van der Waals surface area contributed by atoms with Crippen LogP contribution in [0.2, 0.25) is 0 Å². The number of phenols is 1. The van der Waals surface area contributed by atoms with E-state index in [0.717, 1.165) is 5.56 Å². The molecule has 1 unspecified atom stereocenters. The number of benzene rings is 1. The molecule has 2 N–H and O–H groups in total. The summed E-state index contributed by atoms with van der Waals surface area (Å²) >= 11 is 0. The SMILES string of the molecule is Cc1ccc(O)c(N2C(=O)C(O)=C(C(=O)C(C)(C)C)C2c2ccc(C)o2)c1. The fourth-order valence-electron chi connectivity index (χ4n) is 3.19. The Morgan fingerprint density at radius 3 is 2.33 bits per heavy atom. The molecule has 142 valence electrons. The first-order valence-electron chi connectivity index (χ1n) is 8.70. The van der Waals surface area contributed by atoms with Gasteiger partial charge in [-0.05, 0) is 43.7 Å². The summed E-state index contributed by atoms with van der Waals surface area (Å²) in [4.78, 5) is 27.2. The zero-order valence-electron chi connectivity index (χ0n) is 16.0. The zero-order chi connectivity index (χ0) is 20.1. The van der Waals surface area contributed by atoms with Gasteiger partial charge < -0.3 is 14.6 Å². The third kappa shape index (κ3) is 3.12. The number of carbonyl (C=O) groups excluding carboxylic acids is 2. The van der Waals surface area contributed by atoms with Crippen molar-refractivity contribution < 1.29 is 24.2 Å². The maximum atomic E-state index is 13.0. The molecule has 1 aromatic carbocycles. The predicted molar refractivity (Wildman–Crippen MR) is 101 cm³/mol. The van der Waals surface area contributed by atoms with Crippen LogP contribution in [0.1, 0.15) is 43.9 Å². The van der Waals surface area contributed by atoms with E-state index in [9.17, 15) is 19.8 Å². The molecule has 0 saturated heterocycles. The van der Waals surface area contributed by atoms with Crippen molar-refractivity contribution in [2.45, 2.75) is 40.7 Å². The largest absolute Gasteiger partial charge is 0.506 e. The Morgan fingerprint density at radius 2 is 1.78 bits per heavy atom. The number of carbonyl (C=O) groups is 2. The van der Waals surface area contributed by atoms with Gasteiger partial charge in [0.2, 0.25) is 0 Å². The van der Waals surface area contributed by atoms with Gasteiger partial charge in [-0.1, -0.05) is 26.8 Å². The molecule has 1 aliphatic heterocycles. The standard InChI is InChI=1S/C21H23NO5/c1-11-6-8-14(23)13(10-11)22-17(15-9-7-12(2)27-15)16(18(24)20(22)26)19(25)21(3,4)5/h6-10,17,23-24H,1-5H3. The molecule has 1 amide bonds. The van der Waals surface area contributed by atoms with Crippen molar-refractivity contribution in [1.29, 1.82) is 0 Å². The van der Waals surface area contributed by atoms with Gasteiger partial charge in [0.05, 0.1) is 11.3 Å². The van der Waals surface area contributed by atoms with Crippen molar-refractivity contribution in [3.05, 3.63) is 58.7 Å². The van der Waals surface area contributed by atoms with E-state index in [4.69, 9.17) is 4.42 Å². The topological polar surface area (TPSA) is 91.0 Å². The first-order chi connectivity index (χ1) is 12.5. The van der Waals surface area contributed by atoms with Crippen LogP contribution >= 0.6 is 0 Å². The summed E-state index contributed by atoms with van der Waals surface area (Å²) in [5, 5.41) is 20.9. The minimum atomic E-state index is -0.953. The van der Waals surface area contributed by atoms with Crippen LogP contribution in [0.5, 0.6) is 5.75 Å². The van der Waals surface area contributed by atoms with E-state index in [1.54, 1.807) is 52.0 Å². The number of anilines is 1. The molecule has 0 saturated carbocycles. The van der Waals surface area contributed by atoms with Gasteiger partial charge in [0, 0.05) is 5.41 Å². The van der Waals surface area contributed by atoms with Crippen LogP contribution in [0, 0.1) is 19.3 Å². The van der Waals surface area contributed by atoms with Gasteiger partial charge >= 0.3 is 0 Å². The van der Waals surface area contributed by atoms with Gasteiger partial charge in [0.1, 0.15) is 23.3 Å². The summed E-state index contributed by atoms with van der Waals surface area (Å²) in [5.41, 5.74) is 0.193. The molecule has 6 nitrogen and oxygen atoms in total. The average Bonchev–Trinajstić information content (AvgIpc) is 3.11. The third-order valence-corrected chi connectivity index (χ3v) is 4.56. The van der Waals surface area contributed by atoms with Gasteiger partial charge in [0.15, 0.2) is 11.5 Å². The molecular weight excluding hydrogens is 346 g/mol. The Balaban J connectivity index is 2.24. The number of furan rings is 1. The number of aliphatic hydroxyl groups is 1. The molecular formula is C21H23NO5. The van der Waals surface area contributed by atoms with E-state index in [-0.39, 0.29) is 22.8 Å². The number of hydrogen-bond donors (Lipinski definition) is 2. The molecule has 1 atom stereocenters. The second kappa shape index (κ2) is 6.30. The Hall–Kier alpha value is -3.02. The molecule has 0 aliphatic carbocycles. The smallest absolute Gasteiger partial charge is 0.294 e. The highest BCUT2D eigenvalue weighted by atomic mass is 16.3. The molecule has 0 radical (unpaired) electrons. The Kier molecular flexibility index (Phi) is 4.38. The van der Waals surface area contributed by atoms with Gasteiger partial charge in [-0.25, -0.2) is 0 Å². The predicted octanol–water partition coefficient (Wildman–Crippen LogP) is 4.12. The summed E-state index contributed by atoms with van der Waals surface area (Å²) in [6.07, 6.45) is 0. The number of Topliss-reactive ketones (excluding diaryl/α,β-unsaturated/α-hetero) is 1. The first-order valence-corrected chi connectivity index (χ1v) is 8.70. The van der Waals surface area contributed by atoms with E-state index >= 15 is 0 Å². The van der Waals surface area contributed by atoms with Crippen LogP contribution in [0.25, 0.3) is 0 Å². The maximum absolute atomic E-state index is 13.0. The molecule has 6 heteroatoms. The van der Waals surface area contributed by atoms with E-state index in [2.05, 4.69) is 0 Å². The zero-order valence-corrected chi connectivity index (χ0v) is 16.0. The monoisotopic (exact) mass is 369 g/mol. The van der Waals surface area contributed by atoms with Crippen LogP contribution in [-0.2, 0) is 9.59 Å². The van der Waals surface area contributed by atoms with Crippen molar-refractivity contribution in [3.63, 3.8) is 0 Å². The summed E-state index contributed by atoms with van der Waals surface area (Å²) in [6, 6.07) is 7.26. The molecule has 1 aromatic heterocycles. The number of hydrogen-bond acceptors (Lipinski definition) is 5. The molecule has 1 aliphatic rings. The Bertz CT molecular complexity index is 961. The van der Waals surface area contributed by atoms with Crippen molar-refractivity contribution in [1.82, 2.24) is 0 Å². The van der Waals surface area contributed by atoms with Crippen LogP contribution in [0.4, 0.5) is 5.69 Å². The van der Waals surface area contributed by atoms with Crippen molar-refractivity contribution in [2.75, 3.05) is 4.90 Å². The summed E-state index contributed by atoms with van der Waals surface area (Å²) in [5.74, 6) is -0.891. The second-order valence-corrected chi connectivity index (χ2v) is 7.86. The molecule has 3 rings (SSSR count). The molecule has 27 heavy (non-hydrogen) atoms. The van der Waals surface area contributed by atoms with E-state index < -0.39 is 23.1 Å². The highest BCUT2D eigenvalue weighted by Gasteiger charge is 2.48. The quantitative estimate of drug-likeness (QED) is 0.849. The number of amides is 1.